The van der Waals surface area contributed by atoms with Gasteiger partial charge in [-0.15, -0.1) is 6.42 Å². The van der Waals surface area contributed by atoms with Crippen molar-refractivity contribution >= 4 is 27.3 Å². The van der Waals surface area contributed by atoms with Crippen molar-refractivity contribution in [3.63, 3.8) is 0 Å². The zero-order chi connectivity index (χ0) is 20.6. The summed E-state index contributed by atoms with van der Waals surface area (Å²) in [4.78, 5) is 24.3. The lowest BCUT2D eigenvalue weighted by molar-refractivity contribution is -0.113. The molecule has 0 spiro atoms. The molecule has 0 radical (unpaired) electrons. The van der Waals surface area contributed by atoms with E-state index in [9.17, 15) is 18.0 Å². The molecule has 0 heterocycles. The highest BCUT2D eigenvalue weighted by Crippen LogP contribution is 2.15. The molecular weight excluding hydrogens is 378 g/mol. The number of hydrogen-bond acceptors (Lipinski definition) is 5. The summed E-state index contributed by atoms with van der Waals surface area (Å²) in [5.74, 6) is -0.0420. The minimum atomic E-state index is -3.74. The molecule has 0 bridgehead atoms. The molecule has 0 aliphatic carbocycles. The summed E-state index contributed by atoms with van der Waals surface area (Å²) >= 11 is 0. The van der Waals surface area contributed by atoms with E-state index in [1.165, 1.54) is 36.4 Å². The van der Waals surface area contributed by atoms with Crippen molar-refractivity contribution in [3.8, 4) is 18.4 Å². The van der Waals surface area contributed by atoms with E-state index in [1.807, 2.05) is 6.07 Å². The third-order valence-electron chi connectivity index (χ3n) is 3.62. The maximum absolute atomic E-state index is 12.3. The molecule has 0 aromatic heterocycles. The Hall–Kier alpha value is -3.62. The van der Waals surface area contributed by atoms with Crippen molar-refractivity contribution in [3.05, 3.63) is 65.2 Å². The summed E-state index contributed by atoms with van der Waals surface area (Å²) in [6, 6.07) is 14.2. The Bertz CT molecular complexity index is 1060. The maximum Gasteiger partial charge on any atom is 0.254 e. The monoisotopic (exact) mass is 395 g/mol. The predicted molar refractivity (Wildman–Crippen MR) is 105 cm³/mol. The second-order valence-corrected chi connectivity index (χ2v) is 7.89. The van der Waals surface area contributed by atoms with Gasteiger partial charge in [0.2, 0.25) is 5.91 Å². The fraction of sp³-hybridized carbons (Fsp3) is 0.150. The Morgan fingerprint density at radius 2 is 1.75 bits per heavy atom. The maximum atomic E-state index is 12.3. The van der Waals surface area contributed by atoms with Gasteiger partial charge in [-0.2, -0.15) is 5.26 Å². The first-order chi connectivity index (χ1) is 13.3. The second kappa shape index (κ2) is 9.36. The Balaban J connectivity index is 2.06. The summed E-state index contributed by atoms with van der Waals surface area (Å²) in [6.07, 6.45) is 5.11. The number of amides is 2. The molecule has 0 atom stereocenters. The molecule has 142 valence electrons. The molecule has 2 amide bonds. The fourth-order valence-corrected chi connectivity index (χ4v) is 3.66. The van der Waals surface area contributed by atoms with E-state index < -0.39 is 27.4 Å². The lowest BCUT2D eigenvalue weighted by atomic mass is 10.1. The number of carbonyl (C=O) groups excluding carboxylic acids is 2. The van der Waals surface area contributed by atoms with Crippen LogP contribution in [0, 0.1) is 23.7 Å². The molecule has 2 aromatic rings. The third-order valence-corrected chi connectivity index (χ3v) is 5.09. The summed E-state index contributed by atoms with van der Waals surface area (Å²) < 4.78 is 24.6. The molecule has 0 saturated heterocycles. The highest BCUT2D eigenvalue weighted by Gasteiger charge is 2.19. The molecule has 0 saturated carbocycles. The van der Waals surface area contributed by atoms with Crippen LogP contribution in [0.1, 0.15) is 21.5 Å². The van der Waals surface area contributed by atoms with Crippen LogP contribution >= 0.6 is 0 Å². The zero-order valence-corrected chi connectivity index (χ0v) is 15.6. The molecule has 0 unspecified atom stereocenters. The first kappa shape index (κ1) is 20.7. The number of terminal acetylenes is 1. The second-order valence-electron chi connectivity index (χ2n) is 5.82. The number of anilines is 1. The molecule has 8 heteroatoms. The van der Waals surface area contributed by atoms with Crippen molar-refractivity contribution in [1.29, 1.82) is 5.26 Å². The smallest absolute Gasteiger partial charge is 0.254 e. The molecule has 28 heavy (non-hydrogen) atoms. The third kappa shape index (κ3) is 5.97. The Morgan fingerprint density at radius 1 is 1.07 bits per heavy atom. The van der Waals surface area contributed by atoms with Gasteiger partial charge < -0.3 is 10.6 Å². The van der Waals surface area contributed by atoms with Crippen LogP contribution in [0.25, 0.3) is 0 Å². The quantitative estimate of drug-likeness (QED) is 0.689. The molecule has 7 nitrogen and oxygen atoms in total. The largest absolute Gasteiger partial charge is 0.341 e. The first-order valence-corrected chi connectivity index (χ1v) is 9.97. The molecular formula is C20H17N3O4S. The van der Waals surface area contributed by atoms with Gasteiger partial charge in [-0.1, -0.05) is 30.2 Å². The SMILES string of the molecule is C#CCNC(=O)c1ccccc1NC(=O)CS(=O)(=O)Cc1ccc(C#N)cc1. The Labute approximate surface area is 163 Å². The number of sulfone groups is 1. The zero-order valence-electron chi connectivity index (χ0n) is 14.8. The molecule has 0 aliphatic heterocycles. The number of rotatable bonds is 7. The average molecular weight is 395 g/mol. The number of nitrogens with one attached hydrogen (secondary N) is 2. The Morgan fingerprint density at radius 3 is 2.39 bits per heavy atom. The number of carbonyl (C=O) groups is 2. The standard InChI is InChI=1S/C20H17N3O4S/c1-2-11-22-20(25)17-5-3-4-6-18(17)23-19(24)14-28(26,27)13-16-9-7-15(12-21)8-10-16/h1,3-10H,11,13-14H2,(H,22,25)(H,23,24). The summed E-state index contributed by atoms with van der Waals surface area (Å²) in [5, 5.41) is 13.7. The molecule has 2 aromatic carbocycles. The van der Waals surface area contributed by atoms with Gasteiger partial charge in [0, 0.05) is 0 Å². The lowest BCUT2D eigenvalue weighted by Gasteiger charge is -2.11. The van der Waals surface area contributed by atoms with Crippen molar-refractivity contribution in [1.82, 2.24) is 5.32 Å². The van der Waals surface area contributed by atoms with E-state index in [1.54, 1.807) is 12.1 Å². The molecule has 0 fully saturated rings. The van der Waals surface area contributed by atoms with E-state index in [0.717, 1.165) is 0 Å². The van der Waals surface area contributed by atoms with Crippen molar-refractivity contribution in [2.24, 2.45) is 0 Å². The van der Waals surface area contributed by atoms with Crippen LogP contribution in [-0.2, 0) is 20.4 Å². The predicted octanol–water partition coefficient (Wildman–Crippen LogP) is 1.47. The van der Waals surface area contributed by atoms with Gasteiger partial charge >= 0.3 is 0 Å². The van der Waals surface area contributed by atoms with Crippen LogP contribution in [0.4, 0.5) is 5.69 Å². The van der Waals surface area contributed by atoms with Gasteiger partial charge in [0.1, 0.15) is 5.75 Å². The number of nitriles is 1. The minimum absolute atomic E-state index is 0.0279. The first-order valence-electron chi connectivity index (χ1n) is 8.14. The van der Waals surface area contributed by atoms with Gasteiger partial charge in [0.15, 0.2) is 9.84 Å². The molecule has 0 aliphatic rings. The average Bonchev–Trinajstić information content (AvgIpc) is 2.66. The van der Waals surface area contributed by atoms with Gasteiger partial charge in [0.25, 0.3) is 5.91 Å². The van der Waals surface area contributed by atoms with Crippen molar-refractivity contribution in [2.45, 2.75) is 5.75 Å². The van der Waals surface area contributed by atoms with Crippen LogP contribution in [0.3, 0.4) is 0 Å². The van der Waals surface area contributed by atoms with E-state index >= 15 is 0 Å². The van der Waals surface area contributed by atoms with Crippen LogP contribution in [0.5, 0.6) is 0 Å². The van der Waals surface area contributed by atoms with Gasteiger partial charge in [-0.3, -0.25) is 9.59 Å². The van der Waals surface area contributed by atoms with Crippen LogP contribution in [-0.4, -0.2) is 32.5 Å². The van der Waals surface area contributed by atoms with E-state index in [4.69, 9.17) is 11.7 Å². The molecule has 2 N–H and O–H groups in total. The minimum Gasteiger partial charge on any atom is -0.341 e. The number of hydrogen-bond donors (Lipinski definition) is 2. The van der Waals surface area contributed by atoms with Crippen LogP contribution in [0.2, 0.25) is 0 Å². The normalized spacial score (nSPS) is 10.4. The lowest BCUT2D eigenvalue weighted by Crippen LogP contribution is -2.27. The van der Waals surface area contributed by atoms with Crippen LogP contribution in [0.15, 0.2) is 48.5 Å². The number of nitrogens with zero attached hydrogens (tertiary/aromatic N) is 1. The van der Waals surface area contributed by atoms with Crippen molar-refractivity contribution in [2.75, 3.05) is 17.6 Å². The van der Waals surface area contributed by atoms with E-state index in [-0.39, 0.29) is 23.5 Å². The topological polar surface area (TPSA) is 116 Å². The Kier molecular flexibility index (Phi) is 6.91. The molecule has 2 rings (SSSR count). The van der Waals surface area contributed by atoms with Crippen LogP contribution < -0.4 is 10.6 Å². The highest BCUT2D eigenvalue weighted by molar-refractivity contribution is 7.91. The van der Waals surface area contributed by atoms with Gasteiger partial charge in [0.05, 0.1) is 35.2 Å². The summed E-state index contributed by atoms with van der Waals surface area (Å²) in [7, 11) is -3.74. The van der Waals surface area contributed by atoms with Gasteiger partial charge in [-0.05, 0) is 29.8 Å². The van der Waals surface area contributed by atoms with E-state index in [2.05, 4.69) is 16.6 Å². The number of benzene rings is 2. The van der Waals surface area contributed by atoms with Gasteiger partial charge in [-0.25, -0.2) is 8.42 Å². The highest BCUT2D eigenvalue weighted by atomic mass is 32.2. The summed E-state index contributed by atoms with van der Waals surface area (Å²) in [5.41, 5.74) is 1.26. The van der Waals surface area contributed by atoms with E-state index in [0.29, 0.717) is 11.1 Å². The van der Waals surface area contributed by atoms with Crippen molar-refractivity contribution < 1.29 is 18.0 Å². The fourth-order valence-electron chi connectivity index (χ4n) is 2.38. The summed E-state index contributed by atoms with van der Waals surface area (Å²) in [6.45, 7) is 0.0279. The number of para-hydroxylation sites is 1.